The quantitative estimate of drug-likeness (QED) is 0.205. The molecule has 2 aromatic carbocycles. The zero-order valence-electron chi connectivity index (χ0n) is 29.1. The van der Waals surface area contributed by atoms with E-state index in [1.54, 1.807) is 36.1 Å². The maximum atomic E-state index is 13.8. The summed E-state index contributed by atoms with van der Waals surface area (Å²) in [6, 6.07) is 12.9. The number of Topliss-reactive ketones (excluding diaryl/α,β-unsaturated/α-hetero) is 1. The highest BCUT2D eigenvalue weighted by molar-refractivity contribution is 6.30. The summed E-state index contributed by atoms with van der Waals surface area (Å²) in [5.41, 5.74) is 0.441. The molecule has 49 heavy (non-hydrogen) atoms. The van der Waals surface area contributed by atoms with Gasteiger partial charge in [0, 0.05) is 36.1 Å². The second kappa shape index (κ2) is 17.1. The zero-order chi connectivity index (χ0) is 35.7. The molecule has 2 aliphatic heterocycles. The molecule has 12 heteroatoms. The molecular formula is C37H50ClN5O6. The Morgan fingerprint density at radius 3 is 1.94 bits per heavy atom. The van der Waals surface area contributed by atoms with Crippen molar-refractivity contribution in [1.82, 2.24) is 26.2 Å². The Bertz CT molecular complexity index is 1460. The van der Waals surface area contributed by atoms with Gasteiger partial charge in [0.15, 0.2) is 5.78 Å². The van der Waals surface area contributed by atoms with E-state index in [0.29, 0.717) is 56.0 Å². The van der Waals surface area contributed by atoms with Crippen LogP contribution in [0.25, 0.3) is 0 Å². The number of rotatable bonds is 15. The summed E-state index contributed by atoms with van der Waals surface area (Å²) in [6.07, 6.45) is 2.12. The van der Waals surface area contributed by atoms with Crippen LogP contribution >= 0.6 is 11.6 Å². The van der Waals surface area contributed by atoms with Gasteiger partial charge >= 0.3 is 6.03 Å². The zero-order valence-corrected chi connectivity index (χ0v) is 29.8. The largest absolute Gasteiger partial charge is 0.361 e. The number of epoxide rings is 1. The molecule has 4 rings (SSSR count). The number of amides is 5. The van der Waals surface area contributed by atoms with Crippen molar-refractivity contribution in [3.8, 4) is 0 Å². The molecule has 266 valence electrons. The van der Waals surface area contributed by atoms with Crippen LogP contribution < -0.4 is 21.3 Å². The summed E-state index contributed by atoms with van der Waals surface area (Å²) in [5.74, 6) is -1.13. The Hall–Kier alpha value is -3.96. The number of nitrogens with zero attached hydrogens (tertiary/aromatic N) is 1. The van der Waals surface area contributed by atoms with E-state index in [1.807, 2.05) is 58.0 Å². The number of halogens is 1. The summed E-state index contributed by atoms with van der Waals surface area (Å²) in [4.78, 5) is 68.6. The summed E-state index contributed by atoms with van der Waals surface area (Å²) in [6.45, 7) is 10.7. The first-order chi connectivity index (χ1) is 23.2. The van der Waals surface area contributed by atoms with Crippen molar-refractivity contribution in [2.75, 3.05) is 19.7 Å². The molecule has 5 amide bonds. The van der Waals surface area contributed by atoms with Gasteiger partial charge in [-0.1, -0.05) is 69.6 Å². The minimum absolute atomic E-state index is 0.0681. The number of nitrogens with one attached hydrogen (secondary N) is 4. The fourth-order valence-corrected chi connectivity index (χ4v) is 6.09. The van der Waals surface area contributed by atoms with Crippen molar-refractivity contribution in [1.29, 1.82) is 0 Å². The number of hydrogen-bond donors (Lipinski definition) is 4. The number of ether oxygens (including phenoxy) is 1. The Balaban J connectivity index is 1.40. The van der Waals surface area contributed by atoms with Crippen LogP contribution in [0.15, 0.2) is 54.6 Å². The number of hydrogen-bond acceptors (Lipinski definition) is 6. The van der Waals surface area contributed by atoms with E-state index < -0.39 is 35.5 Å². The number of carbonyl (C=O) groups excluding carboxylic acids is 5. The van der Waals surface area contributed by atoms with Crippen molar-refractivity contribution < 1.29 is 28.7 Å². The minimum Gasteiger partial charge on any atom is -0.361 e. The number of urea groups is 1. The highest BCUT2D eigenvalue weighted by atomic mass is 35.5. The van der Waals surface area contributed by atoms with Crippen molar-refractivity contribution in [3.05, 3.63) is 70.7 Å². The average Bonchev–Trinajstić information content (AvgIpc) is 3.82. The van der Waals surface area contributed by atoms with Crippen LogP contribution in [-0.2, 0) is 25.5 Å². The molecule has 0 aromatic heterocycles. The summed E-state index contributed by atoms with van der Waals surface area (Å²) < 4.78 is 5.39. The maximum Gasteiger partial charge on any atom is 0.318 e. The van der Waals surface area contributed by atoms with Gasteiger partial charge in [-0.2, -0.15) is 0 Å². The lowest BCUT2D eigenvalue weighted by Gasteiger charge is -2.34. The first-order valence-electron chi connectivity index (χ1n) is 17.2. The van der Waals surface area contributed by atoms with Gasteiger partial charge in [-0.25, -0.2) is 4.79 Å². The monoisotopic (exact) mass is 695 g/mol. The Morgan fingerprint density at radius 2 is 1.37 bits per heavy atom. The second-order valence-electron chi connectivity index (χ2n) is 14.2. The number of carbonyl (C=O) groups is 5. The van der Waals surface area contributed by atoms with E-state index in [4.69, 9.17) is 16.3 Å². The van der Waals surface area contributed by atoms with Crippen LogP contribution in [0, 0.1) is 11.8 Å². The van der Waals surface area contributed by atoms with Gasteiger partial charge in [0.25, 0.3) is 5.91 Å². The van der Waals surface area contributed by atoms with Crippen molar-refractivity contribution in [2.45, 2.75) is 96.5 Å². The maximum absolute atomic E-state index is 13.8. The molecule has 2 aromatic rings. The highest BCUT2D eigenvalue weighted by Crippen LogP contribution is 2.29. The summed E-state index contributed by atoms with van der Waals surface area (Å²) in [5, 5.41) is 12.3. The molecule has 0 aliphatic carbocycles. The number of likely N-dealkylation sites (tertiary alicyclic amines) is 1. The number of benzene rings is 2. The molecule has 0 saturated carbocycles. The molecule has 0 bridgehead atoms. The summed E-state index contributed by atoms with van der Waals surface area (Å²) in [7, 11) is 0. The van der Waals surface area contributed by atoms with Crippen LogP contribution in [0.5, 0.6) is 0 Å². The second-order valence-corrected chi connectivity index (χ2v) is 14.6. The highest BCUT2D eigenvalue weighted by Gasteiger charge is 2.50. The molecule has 0 radical (unpaired) electrons. The molecule has 2 fully saturated rings. The SMILES string of the molecule is CC(C)CC(NC(=O)N1CCC(NC(=O)c2ccc(Cl)cc2)CC1)C(=O)NC(Cc1ccccc1)C(=O)NC(CC(C)C)C(=O)C1(C)CO1. The predicted molar refractivity (Wildman–Crippen MR) is 188 cm³/mol. The van der Waals surface area contributed by atoms with E-state index in [0.717, 1.165) is 5.56 Å². The fourth-order valence-electron chi connectivity index (χ4n) is 5.97. The third-order valence-corrected chi connectivity index (χ3v) is 9.15. The van der Waals surface area contributed by atoms with Crippen molar-refractivity contribution >= 4 is 41.1 Å². The Labute approximate surface area is 294 Å². The molecule has 4 unspecified atom stereocenters. The Kier molecular flexibility index (Phi) is 13.2. The van der Waals surface area contributed by atoms with Gasteiger partial charge in [0.05, 0.1) is 12.6 Å². The smallest absolute Gasteiger partial charge is 0.318 e. The number of piperidine rings is 1. The third-order valence-electron chi connectivity index (χ3n) is 8.90. The van der Waals surface area contributed by atoms with Gasteiger partial charge in [-0.3, -0.25) is 19.2 Å². The van der Waals surface area contributed by atoms with E-state index in [-0.39, 0.29) is 42.0 Å². The van der Waals surface area contributed by atoms with E-state index >= 15 is 0 Å². The van der Waals surface area contributed by atoms with E-state index in [2.05, 4.69) is 21.3 Å². The summed E-state index contributed by atoms with van der Waals surface area (Å²) >= 11 is 5.93. The van der Waals surface area contributed by atoms with E-state index in [9.17, 15) is 24.0 Å². The standard InChI is InChI=1S/C37H50ClN5O6/c1-23(2)19-29(32(44)37(5)22-49-37)40-35(47)31(21-25-9-7-6-8-10-25)41-34(46)30(20-24(3)4)42-36(48)43-17-15-28(16-18-43)39-33(45)26-11-13-27(38)14-12-26/h6-14,23-24,28-31H,15-22H2,1-5H3,(H,39,45)(H,40,47)(H,41,46)(H,42,48). The predicted octanol–water partition coefficient (Wildman–Crippen LogP) is 4.27. The normalized spacial score (nSPS) is 19.5. The minimum atomic E-state index is -0.989. The Morgan fingerprint density at radius 1 is 0.816 bits per heavy atom. The lowest BCUT2D eigenvalue weighted by Crippen LogP contribution is -2.59. The van der Waals surface area contributed by atoms with Crippen LogP contribution in [0.2, 0.25) is 5.02 Å². The number of ketones is 1. The molecule has 4 atom stereocenters. The lowest BCUT2D eigenvalue weighted by atomic mass is 9.93. The molecule has 11 nitrogen and oxygen atoms in total. The molecular weight excluding hydrogens is 646 g/mol. The van der Waals surface area contributed by atoms with Gasteiger partial charge in [-0.05, 0) is 74.3 Å². The van der Waals surface area contributed by atoms with Crippen molar-refractivity contribution in [3.63, 3.8) is 0 Å². The first kappa shape index (κ1) is 37.9. The van der Waals surface area contributed by atoms with Gasteiger partial charge in [0.2, 0.25) is 11.8 Å². The van der Waals surface area contributed by atoms with Crippen molar-refractivity contribution in [2.24, 2.45) is 11.8 Å². The van der Waals surface area contributed by atoms with Crippen LogP contribution in [0.4, 0.5) is 4.79 Å². The van der Waals surface area contributed by atoms with Gasteiger partial charge in [-0.15, -0.1) is 0 Å². The molecule has 2 saturated heterocycles. The first-order valence-corrected chi connectivity index (χ1v) is 17.6. The topological polar surface area (TPSA) is 149 Å². The van der Waals surface area contributed by atoms with E-state index in [1.165, 1.54) is 0 Å². The van der Waals surface area contributed by atoms with Crippen LogP contribution in [-0.4, -0.2) is 83.9 Å². The van der Waals surface area contributed by atoms with Gasteiger partial charge < -0.3 is 30.9 Å². The van der Waals surface area contributed by atoms with Crippen LogP contribution in [0.1, 0.15) is 76.2 Å². The van der Waals surface area contributed by atoms with Crippen LogP contribution in [0.3, 0.4) is 0 Å². The fraction of sp³-hybridized carbons (Fsp3) is 0.541. The molecule has 4 N–H and O–H groups in total. The molecule has 2 heterocycles. The molecule has 0 spiro atoms. The third kappa shape index (κ3) is 11.3. The van der Waals surface area contributed by atoms with Gasteiger partial charge in [0.1, 0.15) is 17.7 Å². The molecule has 2 aliphatic rings. The lowest BCUT2D eigenvalue weighted by molar-refractivity contribution is -0.133. The average molecular weight is 696 g/mol.